The largest absolute Gasteiger partial charge is 0.383 e. The molecular formula is C10H12BrN3. The number of pyridine rings is 1. The van der Waals surface area contributed by atoms with Gasteiger partial charge in [-0.1, -0.05) is 13.8 Å². The number of hydrogen-bond acceptors (Lipinski definition) is 2. The van der Waals surface area contributed by atoms with Gasteiger partial charge < -0.3 is 5.73 Å². The van der Waals surface area contributed by atoms with Crippen molar-refractivity contribution in [2.24, 2.45) is 0 Å². The van der Waals surface area contributed by atoms with Crippen molar-refractivity contribution in [2.75, 3.05) is 5.73 Å². The molecule has 2 aromatic rings. The molecule has 0 aliphatic carbocycles. The number of aromatic nitrogens is 2. The van der Waals surface area contributed by atoms with E-state index >= 15 is 0 Å². The molecule has 74 valence electrons. The third-order valence-corrected chi connectivity index (χ3v) is 2.66. The molecule has 0 saturated carbocycles. The van der Waals surface area contributed by atoms with E-state index in [4.69, 9.17) is 5.73 Å². The summed E-state index contributed by atoms with van der Waals surface area (Å²) in [4.78, 5) is 4.47. The van der Waals surface area contributed by atoms with E-state index in [1.54, 1.807) is 0 Å². The predicted octanol–water partition coefficient (Wildman–Crippen LogP) is 2.80. The van der Waals surface area contributed by atoms with E-state index < -0.39 is 0 Å². The molecule has 0 amide bonds. The van der Waals surface area contributed by atoms with Gasteiger partial charge in [0.05, 0.1) is 5.69 Å². The average Bonchev–Trinajstić information content (AvgIpc) is 2.44. The summed E-state index contributed by atoms with van der Waals surface area (Å²) in [6.07, 6.45) is 1.93. The Hall–Kier alpha value is -1.03. The highest BCUT2D eigenvalue weighted by Gasteiger charge is 2.11. The molecule has 0 radical (unpaired) electrons. The Morgan fingerprint density at radius 3 is 2.79 bits per heavy atom. The zero-order valence-electron chi connectivity index (χ0n) is 8.16. The summed E-state index contributed by atoms with van der Waals surface area (Å²) in [6, 6.07) is 3.91. The summed E-state index contributed by atoms with van der Waals surface area (Å²) in [6.45, 7) is 4.18. The minimum Gasteiger partial charge on any atom is -0.383 e. The highest BCUT2D eigenvalue weighted by Crippen LogP contribution is 2.23. The molecule has 0 saturated heterocycles. The molecular weight excluding hydrogens is 242 g/mol. The van der Waals surface area contributed by atoms with Gasteiger partial charge in [0.2, 0.25) is 0 Å². The first-order valence-corrected chi connectivity index (χ1v) is 5.32. The van der Waals surface area contributed by atoms with Crippen LogP contribution in [0.2, 0.25) is 0 Å². The number of rotatable bonds is 1. The summed E-state index contributed by atoms with van der Waals surface area (Å²) in [5.41, 5.74) is 7.85. The molecule has 0 atom stereocenters. The summed E-state index contributed by atoms with van der Waals surface area (Å²) in [5, 5.41) is 0. The predicted molar refractivity (Wildman–Crippen MR) is 61.4 cm³/mol. The van der Waals surface area contributed by atoms with Crippen molar-refractivity contribution in [2.45, 2.75) is 19.8 Å². The molecule has 4 heteroatoms. The van der Waals surface area contributed by atoms with Crippen molar-refractivity contribution in [1.29, 1.82) is 0 Å². The number of anilines is 1. The van der Waals surface area contributed by atoms with E-state index in [9.17, 15) is 0 Å². The standard InChI is InChI=1S/C10H12BrN3/c1-6(2)9-10(12)14-5-7(11)3-4-8(14)13-9/h3-6H,12H2,1-2H3. The Kier molecular flexibility index (Phi) is 2.23. The second kappa shape index (κ2) is 3.28. The van der Waals surface area contributed by atoms with Crippen LogP contribution in [0.1, 0.15) is 25.5 Å². The van der Waals surface area contributed by atoms with Crippen molar-refractivity contribution >= 4 is 27.4 Å². The fraction of sp³-hybridized carbons (Fsp3) is 0.300. The highest BCUT2D eigenvalue weighted by atomic mass is 79.9. The molecule has 2 heterocycles. The van der Waals surface area contributed by atoms with Gasteiger partial charge in [0.15, 0.2) is 0 Å². The van der Waals surface area contributed by atoms with Gasteiger partial charge >= 0.3 is 0 Å². The van der Waals surface area contributed by atoms with E-state index in [2.05, 4.69) is 34.8 Å². The number of nitrogens with two attached hydrogens (primary N) is 1. The lowest BCUT2D eigenvalue weighted by molar-refractivity contribution is 0.838. The lowest BCUT2D eigenvalue weighted by Crippen LogP contribution is -1.97. The first-order chi connectivity index (χ1) is 6.59. The smallest absolute Gasteiger partial charge is 0.138 e. The zero-order valence-corrected chi connectivity index (χ0v) is 9.75. The number of halogens is 1. The van der Waals surface area contributed by atoms with Gasteiger partial charge in [0.1, 0.15) is 11.5 Å². The van der Waals surface area contributed by atoms with E-state index in [0.717, 1.165) is 21.6 Å². The Labute approximate surface area is 91.1 Å². The molecule has 0 aliphatic heterocycles. The molecule has 2 aromatic heterocycles. The fourth-order valence-electron chi connectivity index (χ4n) is 1.48. The third-order valence-electron chi connectivity index (χ3n) is 2.19. The Balaban J connectivity index is 2.74. The van der Waals surface area contributed by atoms with Gasteiger partial charge in [-0.15, -0.1) is 0 Å². The Bertz CT molecular complexity index is 473. The minimum absolute atomic E-state index is 0.355. The maximum absolute atomic E-state index is 5.99. The first kappa shape index (κ1) is 9.52. The summed E-state index contributed by atoms with van der Waals surface area (Å²) < 4.78 is 2.91. The molecule has 0 unspecified atom stereocenters. The van der Waals surface area contributed by atoms with Crippen LogP contribution in [-0.4, -0.2) is 9.38 Å². The van der Waals surface area contributed by atoms with Crippen LogP contribution < -0.4 is 5.73 Å². The average molecular weight is 254 g/mol. The molecule has 2 N–H and O–H groups in total. The van der Waals surface area contributed by atoms with E-state index in [1.165, 1.54) is 0 Å². The molecule has 0 bridgehead atoms. The van der Waals surface area contributed by atoms with Crippen LogP contribution in [0.5, 0.6) is 0 Å². The molecule has 0 spiro atoms. The molecule has 3 nitrogen and oxygen atoms in total. The molecule has 0 fully saturated rings. The van der Waals surface area contributed by atoms with Crippen molar-refractivity contribution in [3.63, 3.8) is 0 Å². The van der Waals surface area contributed by atoms with Crippen LogP contribution in [0, 0.1) is 0 Å². The summed E-state index contributed by atoms with van der Waals surface area (Å²) >= 11 is 3.41. The van der Waals surface area contributed by atoms with E-state index in [1.807, 2.05) is 22.7 Å². The van der Waals surface area contributed by atoms with Crippen LogP contribution >= 0.6 is 15.9 Å². The molecule has 0 aliphatic rings. The number of nitrogen functional groups attached to an aromatic ring is 1. The second-order valence-corrected chi connectivity index (χ2v) is 4.53. The SMILES string of the molecule is CC(C)c1nc2ccc(Br)cn2c1N. The van der Waals surface area contributed by atoms with Crippen molar-refractivity contribution in [3.05, 3.63) is 28.5 Å². The lowest BCUT2D eigenvalue weighted by Gasteiger charge is -2.01. The van der Waals surface area contributed by atoms with Crippen molar-refractivity contribution < 1.29 is 0 Å². The molecule has 14 heavy (non-hydrogen) atoms. The zero-order chi connectivity index (χ0) is 10.3. The minimum atomic E-state index is 0.355. The number of nitrogens with zero attached hydrogens (tertiary/aromatic N) is 2. The normalized spacial score (nSPS) is 11.4. The van der Waals surface area contributed by atoms with Gasteiger partial charge in [-0.25, -0.2) is 4.98 Å². The number of fused-ring (bicyclic) bond motifs is 1. The number of imidazole rings is 1. The van der Waals surface area contributed by atoms with Crippen LogP contribution in [0.25, 0.3) is 5.65 Å². The third kappa shape index (κ3) is 1.39. The fourth-order valence-corrected chi connectivity index (χ4v) is 1.82. The number of hydrogen-bond donors (Lipinski definition) is 1. The van der Waals surface area contributed by atoms with Crippen LogP contribution in [0.3, 0.4) is 0 Å². The maximum atomic E-state index is 5.99. The van der Waals surface area contributed by atoms with Gasteiger partial charge in [-0.2, -0.15) is 0 Å². The van der Waals surface area contributed by atoms with E-state index in [-0.39, 0.29) is 0 Å². The maximum Gasteiger partial charge on any atom is 0.138 e. The topological polar surface area (TPSA) is 43.3 Å². The van der Waals surface area contributed by atoms with Crippen LogP contribution in [0.15, 0.2) is 22.8 Å². The first-order valence-electron chi connectivity index (χ1n) is 4.52. The lowest BCUT2D eigenvalue weighted by atomic mass is 10.1. The second-order valence-electron chi connectivity index (χ2n) is 3.61. The monoisotopic (exact) mass is 253 g/mol. The van der Waals surface area contributed by atoms with Gasteiger partial charge in [-0.3, -0.25) is 4.40 Å². The van der Waals surface area contributed by atoms with Gasteiger partial charge in [0, 0.05) is 10.7 Å². The molecule has 0 aromatic carbocycles. The Morgan fingerprint density at radius 1 is 1.43 bits per heavy atom. The summed E-state index contributed by atoms with van der Waals surface area (Å²) in [7, 11) is 0. The Morgan fingerprint density at radius 2 is 2.14 bits per heavy atom. The van der Waals surface area contributed by atoms with Crippen molar-refractivity contribution in [3.8, 4) is 0 Å². The summed E-state index contributed by atoms with van der Waals surface area (Å²) in [5.74, 6) is 1.09. The van der Waals surface area contributed by atoms with Crippen LogP contribution in [-0.2, 0) is 0 Å². The van der Waals surface area contributed by atoms with E-state index in [0.29, 0.717) is 5.92 Å². The van der Waals surface area contributed by atoms with Gasteiger partial charge in [0.25, 0.3) is 0 Å². The van der Waals surface area contributed by atoms with Crippen LogP contribution in [0.4, 0.5) is 5.82 Å². The highest BCUT2D eigenvalue weighted by molar-refractivity contribution is 9.10. The van der Waals surface area contributed by atoms with Crippen molar-refractivity contribution in [1.82, 2.24) is 9.38 Å². The molecule has 2 rings (SSSR count). The quantitative estimate of drug-likeness (QED) is 0.850. The van der Waals surface area contributed by atoms with Gasteiger partial charge in [-0.05, 0) is 34.0 Å².